The summed E-state index contributed by atoms with van der Waals surface area (Å²) in [7, 11) is 0. The van der Waals surface area contributed by atoms with Gasteiger partial charge in [0.15, 0.2) is 0 Å². The number of carbonyl (C=O) groups excluding carboxylic acids is 2. The van der Waals surface area contributed by atoms with Crippen molar-refractivity contribution in [1.82, 2.24) is 20.5 Å². The molecule has 1 aromatic carbocycles. The highest BCUT2D eigenvalue weighted by molar-refractivity contribution is 6.13. The summed E-state index contributed by atoms with van der Waals surface area (Å²) in [6, 6.07) is 5.34. The van der Waals surface area contributed by atoms with Crippen LogP contribution in [0.3, 0.4) is 0 Å². The van der Waals surface area contributed by atoms with Crippen LogP contribution in [0.5, 0.6) is 0 Å². The fraction of sp³-hybridized carbons (Fsp3) is 0.333. The van der Waals surface area contributed by atoms with Crippen molar-refractivity contribution in [2.24, 2.45) is 10.7 Å². The largest absolute Gasteiger partial charge is 0.418 e. The number of nitrogens with zero attached hydrogens (tertiary/aromatic N) is 3. The molecule has 0 bridgehead atoms. The average molecular weight is 560 g/mol. The first-order chi connectivity index (χ1) is 19.0. The van der Waals surface area contributed by atoms with Gasteiger partial charge in [0.2, 0.25) is 5.91 Å². The third kappa shape index (κ3) is 6.96. The minimum Gasteiger partial charge on any atom is -0.404 e. The SMILES string of the molecule is C=C(/N=C\C(=C/N)C(=O)NC1(C(=O)NCc2ccc(Nc3ccc(F)cc3C(F)(F)F)cn2)CC1)N1CCCC1. The lowest BCUT2D eigenvalue weighted by Gasteiger charge is -2.18. The van der Waals surface area contributed by atoms with Crippen molar-refractivity contribution < 1.29 is 27.2 Å². The van der Waals surface area contributed by atoms with Crippen LogP contribution < -0.4 is 21.7 Å². The van der Waals surface area contributed by atoms with Crippen molar-refractivity contribution in [3.8, 4) is 0 Å². The number of alkyl halides is 3. The quantitative estimate of drug-likeness (QED) is 0.200. The number of aliphatic imine (C=N–C) groups is 1. The number of halogens is 4. The maximum absolute atomic E-state index is 13.3. The Labute approximate surface area is 228 Å². The van der Waals surface area contributed by atoms with Crippen LogP contribution in [0.15, 0.2) is 65.7 Å². The normalized spacial score (nSPS) is 16.6. The van der Waals surface area contributed by atoms with Gasteiger partial charge in [-0.1, -0.05) is 6.58 Å². The number of amides is 2. The second kappa shape index (κ2) is 11.8. The van der Waals surface area contributed by atoms with Gasteiger partial charge in [-0.2, -0.15) is 13.2 Å². The zero-order chi connectivity index (χ0) is 28.9. The molecule has 2 amide bonds. The van der Waals surface area contributed by atoms with Crippen molar-refractivity contribution in [2.75, 3.05) is 18.4 Å². The maximum Gasteiger partial charge on any atom is 0.418 e. The third-order valence-electron chi connectivity index (χ3n) is 6.62. The highest BCUT2D eigenvalue weighted by atomic mass is 19.4. The van der Waals surface area contributed by atoms with E-state index in [9.17, 15) is 27.2 Å². The van der Waals surface area contributed by atoms with Gasteiger partial charge < -0.3 is 26.6 Å². The second-order valence-corrected chi connectivity index (χ2v) is 9.56. The molecule has 9 nitrogen and oxygen atoms in total. The van der Waals surface area contributed by atoms with Crippen LogP contribution in [0.4, 0.5) is 28.9 Å². The van der Waals surface area contributed by atoms with Crippen molar-refractivity contribution in [3.63, 3.8) is 0 Å². The molecule has 2 aromatic rings. The predicted octanol–water partition coefficient (Wildman–Crippen LogP) is 3.73. The number of nitrogens with two attached hydrogens (primary N) is 1. The van der Waals surface area contributed by atoms with Gasteiger partial charge in [0.25, 0.3) is 5.91 Å². The van der Waals surface area contributed by atoms with Gasteiger partial charge in [-0.25, -0.2) is 9.38 Å². The number of anilines is 2. The number of nitrogens with one attached hydrogen (secondary N) is 3. The zero-order valence-electron chi connectivity index (χ0n) is 21.5. The number of hydrogen-bond donors (Lipinski definition) is 4. The van der Waals surface area contributed by atoms with E-state index in [-0.39, 0.29) is 23.5 Å². The van der Waals surface area contributed by atoms with Crippen LogP contribution in [0.2, 0.25) is 0 Å². The number of benzene rings is 1. The Bertz CT molecular complexity index is 1330. The average Bonchev–Trinajstić information content (AvgIpc) is 3.48. The van der Waals surface area contributed by atoms with Gasteiger partial charge in [0, 0.05) is 25.5 Å². The first kappa shape index (κ1) is 28.6. The number of carbonyl (C=O) groups is 2. The molecule has 212 valence electrons. The summed E-state index contributed by atoms with van der Waals surface area (Å²) in [5.74, 6) is -1.41. The number of aromatic nitrogens is 1. The fourth-order valence-corrected chi connectivity index (χ4v) is 4.16. The van der Waals surface area contributed by atoms with Gasteiger partial charge in [0.05, 0.1) is 40.9 Å². The maximum atomic E-state index is 13.3. The minimum absolute atomic E-state index is 0.0256. The Morgan fingerprint density at radius 1 is 1.18 bits per heavy atom. The van der Waals surface area contributed by atoms with Crippen molar-refractivity contribution >= 4 is 29.4 Å². The summed E-state index contributed by atoms with van der Waals surface area (Å²) >= 11 is 0. The summed E-state index contributed by atoms with van der Waals surface area (Å²) in [5, 5.41) is 8.03. The predicted molar refractivity (Wildman–Crippen MR) is 142 cm³/mol. The molecule has 0 radical (unpaired) electrons. The number of likely N-dealkylation sites (tertiary alicyclic amines) is 1. The van der Waals surface area contributed by atoms with Crippen LogP contribution in [0.25, 0.3) is 0 Å². The van der Waals surface area contributed by atoms with Gasteiger partial charge in [-0.05, 0) is 56.0 Å². The number of pyridine rings is 1. The topological polar surface area (TPSA) is 125 Å². The lowest BCUT2D eigenvalue weighted by atomic mass is 10.1. The molecule has 1 aromatic heterocycles. The van der Waals surface area contributed by atoms with E-state index < -0.39 is 34.9 Å². The Kier molecular flexibility index (Phi) is 8.40. The molecule has 0 spiro atoms. The van der Waals surface area contributed by atoms with E-state index in [4.69, 9.17) is 5.73 Å². The van der Waals surface area contributed by atoms with E-state index in [0.717, 1.165) is 44.3 Å². The Hall–Kier alpha value is -4.42. The Morgan fingerprint density at radius 3 is 2.50 bits per heavy atom. The molecule has 4 rings (SSSR count). The van der Waals surface area contributed by atoms with E-state index in [1.165, 1.54) is 24.5 Å². The molecule has 2 fully saturated rings. The lowest BCUT2D eigenvalue weighted by molar-refractivity contribution is -0.137. The minimum atomic E-state index is -4.74. The van der Waals surface area contributed by atoms with Gasteiger partial charge in [0.1, 0.15) is 17.2 Å². The molecule has 0 unspecified atom stereocenters. The molecular formula is C27H29F4N7O2. The smallest absolute Gasteiger partial charge is 0.404 e. The molecule has 1 aliphatic heterocycles. The van der Waals surface area contributed by atoms with Gasteiger partial charge >= 0.3 is 6.18 Å². The van der Waals surface area contributed by atoms with E-state index in [1.807, 2.05) is 4.90 Å². The molecule has 5 N–H and O–H groups in total. The highest BCUT2D eigenvalue weighted by Crippen LogP contribution is 2.37. The molecule has 40 heavy (non-hydrogen) atoms. The standard InChI is InChI=1S/C27H29F4N7O2/c1-17(38-10-2-3-11-38)33-14-18(13-32)24(39)37-26(8-9-26)25(40)35-15-20-5-6-21(16-34-20)36-23-7-4-19(28)12-22(23)27(29,30)31/h4-7,12-14,16,36H,1-3,8-11,15,32H2,(H,35,40)(H,37,39)/b18-13+,33-14-. The van der Waals surface area contributed by atoms with E-state index in [1.54, 1.807) is 0 Å². The summed E-state index contributed by atoms with van der Waals surface area (Å²) in [6.07, 6.45) is 1.99. The van der Waals surface area contributed by atoms with Crippen LogP contribution >= 0.6 is 0 Å². The third-order valence-corrected chi connectivity index (χ3v) is 6.62. The molecule has 2 heterocycles. The van der Waals surface area contributed by atoms with Crippen molar-refractivity contribution in [1.29, 1.82) is 0 Å². The Balaban J connectivity index is 1.31. The van der Waals surface area contributed by atoms with E-state index in [0.29, 0.717) is 30.4 Å². The molecule has 13 heteroatoms. The van der Waals surface area contributed by atoms with E-state index >= 15 is 0 Å². The van der Waals surface area contributed by atoms with Crippen LogP contribution in [-0.4, -0.2) is 46.5 Å². The molecule has 2 aliphatic rings. The van der Waals surface area contributed by atoms with Crippen molar-refractivity contribution in [3.05, 3.63) is 77.8 Å². The van der Waals surface area contributed by atoms with Crippen molar-refractivity contribution in [2.45, 2.75) is 43.9 Å². The molecule has 1 saturated heterocycles. The summed E-state index contributed by atoms with van der Waals surface area (Å²) in [6.45, 7) is 5.65. The molecule has 0 atom stereocenters. The first-order valence-electron chi connectivity index (χ1n) is 12.6. The summed E-state index contributed by atoms with van der Waals surface area (Å²) in [5.41, 5.74) is 3.85. The van der Waals surface area contributed by atoms with Crippen LogP contribution in [-0.2, 0) is 22.3 Å². The van der Waals surface area contributed by atoms with Gasteiger partial charge in [-0.15, -0.1) is 0 Å². The first-order valence-corrected chi connectivity index (χ1v) is 12.6. The van der Waals surface area contributed by atoms with Crippen LogP contribution in [0, 0.1) is 5.82 Å². The summed E-state index contributed by atoms with van der Waals surface area (Å²) < 4.78 is 53.0. The number of rotatable bonds is 10. The lowest BCUT2D eigenvalue weighted by Crippen LogP contribution is -2.49. The zero-order valence-corrected chi connectivity index (χ0v) is 21.5. The molecule has 1 aliphatic carbocycles. The monoisotopic (exact) mass is 559 g/mol. The van der Waals surface area contributed by atoms with Crippen LogP contribution in [0.1, 0.15) is 36.9 Å². The fourth-order valence-electron chi connectivity index (χ4n) is 4.16. The second-order valence-electron chi connectivity index (χ2n) is 9.56. The highest BCUT2D eigenvalue weighted by Gasteiger charge is 2.51. The van der Waals surface area contributed by atoms with Gasteiger partial charge in [-0.3, -0.25) is 14.6 Å². The number of hydrogen-bond acceptors (Lipinski definition) is 7. The summed E-state index contributed by atoms with van der Waals surface area (Å²) in [4.78, 5) is 36.0. The molecule has 1 saturated carbocycles. The molecular weight excluding hydrogens is 530 g/mol. The Morgan fingerprint density at radius 2 is 1.90 bits per heavy atom. The van der Waals surface area contributed by atoms with E-state index in [2.05, 4.69) is 32.5 Å².